The largest absolute Gasteiger partial charge is 0.452 e. The van der Waals surface area contributed by atoms with E-state index in [4.69, 9.17) is 9.88 Å². The Labute approximate surface area is 166 Å². The first-order valence-corrected chi connectivity index (χ1v) is 10.1. The van der Waals surface area contributed by atoms with Crippen LogP contribution in [0.5, 0.6) is 0 Å². The van der Waals surface area contributed by atoms with E-state index < -0.39 is 34.0 Å². The summed E-state index contributed by atoms with van der Waals surface area (Å²) in [6, 6.07) is 3.61. The molecule has 0 fully saturated rings. The monoisotopic (exact) mass is 463 g/mol. The van der Waals surface area contributed by atoms with Gasteiger partial charge in [-0.2, -0.15) is 0 Å². The SMILES string of the molecule is CN(CC(=O)NC(C)(C)C)C(=O)COC(=O)c1cc(S(N)(=O)=O)ccc1Br. The summed E-state index contributed by atoms with van der Waals surface area (Å²) in [6.45, 7) is 4.62. The molecule has 1 aromatic carbocycles. The Balaban J connectivity index is 2.71. The summed E-state index contributed by atoms with van der Waals surface area (Å²) in [5, 5.41) is 7.74. The van der Waals surface area contributed by atoms with E-state index in [1.54, 1.807) is 0 Å². The smallest absolute Gasteiger partial charge is 0.339 e. The van der Waals surface area contributed by atoms with E-state index in [9.17, 15) is 22.8 Å². The zero-order valence-electron chi connectivity index (χ0n) is 15.4. The molecule has 0 aliphatic carbocycles. The van der Waals surface area contributed by atoms with Crippen molar-refractivity contribution in [3.05, 3.63) is 28.2 Å². The summed E-state index contributed by atoms with van der Waals surface area (Å²) in [5.74, 6) is -1.85. The lowest BCUT2D eigenvalue weighted by atomic mass is 10.1. The molecule has 0 aliphatic heterocycles. The third-order valence-corrected chi connectivity index (χ3v) is 4.74. The van der Waals surface area contributed by atoms with Crippen LogP contribution in [0.3, 0.4) is 0 Å². The first kappa shape index (κ1) is 23.1. The molecule has 11 heteroatoms. The zero-order chi connectivity index (χ0) is 21.0. The first-order chi connectivity index (χ1) is 12.2. The lowest BCUT2D eigenvalue weighted by Gasteiger charge is -2.23. The molecular weight excluding hydrogens is 442 g/mol. The van der Waals surface area contributed by atoms with Gasteiger partial charge in [-0.3, -0.25) is 9.59 Å². The highest BCUT2D eigenvalue weighted by molar-refractivity contribution is 9.10. The molecule has 0 heterocycles. The van der Waals surface area contributed by atoms with Crippen LogP contribution in [0.2, 0.25) is 0 Å². The van der Waals surface area contributed by atoms with Crippen LogP contribution in [0.1, 0.15) is 31.1 Å². The Morgan fingerprint density at radius 1 is 1.26 bits per heavy atom. The summed E-state index contributed by atoms with van der Waals surface area (Å²) in [5.41, 5.74) is -0.531. The number of carbonyl (C=O) groups excluding carboxylic acids is 3. The van der Waals surface area contributed by atoms with Crippen molar-refractivity contribution in [2.75, 3.05) is 20.2 Å². The van der Waals surface area contributed by atoms with Crippen molar-refractivity contribution in [3.8, 4) is 0 Å². The van der Waals surface area contributed by atoms with Gasteiger partial charge in [0.1, 0.15) is 0 Å². The molecule has 0 saturated carbocycles. The molecule has 0 saturated heterocycles. The summed E-state index contributed by atoms with van der Waals surface area (Å²) >= 11 is 3.11. The van der Waals surface area contributed by atoms with Crippen molar-refractivity contribution in [2.24, 2.45) is 5.14 Å². The van der Waals surface area contributed by atoms with Gasteiger partial charge in [0.2, 0.25) is 15.9 Å². The van der Waals surface area contributed by atoms with Crippen molar-refractivity contribution in [1.29, 1.82) is 0 Å². The molecule has 3 N–H and O–H groups in total. The van der Waals surface area contributed by atoms with E-state index >= 15 is 0 Å². The molecule has 1 aromatic rings. The number of esters is 1. The van der Waals surface area contributed by atoms with Crippen LogP contribution in [0.15, 0.2) is 27.6 Å². The number of carbonyl (C=O) groups is 3. The van der Waals surface area contributed by atoms with E-state index in [0.29, 0.717) is 0 Å². The fourth-order valence-corrected chi connectivity index (χ4v) is 2.86. The van der Waals surface area contributed by atoms with Crippen molar-refractivity contribution in [2.45, 2.75) is 31.2 Å². The summed E-state index contributed by atoms with van der Waals surface area (Å²) < 4.78 is 28.0. The Morgan fingerprint density at radius 2 is 1.85 bits per heavy atom. The molecule has 150 valence electrons. The molecule has 0 unspecified atom stereocenters. The average molecular weight is 464 g/mol. The molecule has 0 bridgehead atoms. The standard InChI is InChI=1S/C16H22BrN3O6S/c1-16(2,3)19-13(21)8-20(4)14(22)9-26-15(23)11-7-10(27(18,24)25)5-6-12(11)17/h5-7H,8-9H2,1-4H3,(H,19,21)(H2,18,24,25). The van der Waals surface area contributed by atoms with Crippen molar-refractivity contribution in [1.82, 2.24) is 10.2 Å². The zero-order valence-corrected chi connectivity index (χ0v) is 17.8. The Hall–Kier alpha value is -1.98. The van der Waals surface area contributed by atoms with Crippen molar-refractivity contribution in [3.63, 3.8) is 0 Å². The Bertz CT molecular complexity index is 848. The van der Waals surface area contributed by atoms with Gasteiger partial charge < -0.3 is 15.0 Å². The number of nitrogens with two attached hydrogens (primary N) is 1. The van der Waals surface area contributed by atoms with Gasteiger partial charge in [-0.15, -0.1) is 0 Å². The van der Waals surface area contributed by atoms with E-state index in [1.165, 1.54) is 19.2 Å². The maximum Gasteiger partial charge on any atom is 0.339 e. The second-order valence-corrected chi connectivity index (χ2v) is 9.23. The second kappa shape index (κ2) is 8.81. The lowest BCUT2D eigenvalue weighted by molar-refractivity contribution is -0.137. The van der Waals surface area contributed by atoms with Gasteiger partial charge in [0.25, 0.3) is 5.91 Å². The number of amides is 2. The number of hydrogen-bond acceptors (Lipinski definition) is 6. The number of halogens is 1. The predicted octanol–water partition coefficient (Wildman–Crippen LogP) is 0.626. The second-order valence-electron chi connectivity index (χ2n) is 6.81. The third kappa shape index (κ3) is 7.65. The van der Waals surface area contributed by atoms with Crippen LogP contribution in [0, 0.1) is 0 Å². The van der Waals surface area contributed by atoms with E-state index in [2.05, 4.69) is 21.2 Å². The number of sulfonamides is 1. The quantitative estimate of drug-likeness (QED) is 0.593. The number of ether oxygens (including phenoxy) is 1. The summed E-state index contributed by atoms with van der Waals surface area (Å²) in [4.78, 5) is 36.8. The average Bonchev–Trinajstić information content (AvgIpc) is 2.49. The van der Waals surface area contributed by atoms with Crippen LogP contribution >= 0.6 is 15.9 Å². The number of rotatable bonds is 6. The predicted molar refractivity (Wildman–Crippen MR) is 101 cm³/mol. The van der Waals surface area contributed by atoms with Gasteiger partial charge in [0.05, 0.1) is 17.0 Å². The van der Waals surface area contributed by atoms with Gasteiger partial charge in [0.15, 0.2) is 6.61 Å². The maximum atomic E-state index is 12.1. The van der Waals surface area contributed by atoms with Gasteiger partial charge in [-0.1, -0.05) is 0 Å². The topological polar surface area (TPSA) is 136 Å². The van der Waals surface area contributed by atoms with E-state index in [0.717, 1.165) is 11.0 Å². The minimum absolute atomic E-state index is 0.0950. The van der Waals surface area contributed by atoms with Gasteiger partial charge in [-0.25, -0.2) is 18.4 Å². The number of primary sulfonamides is 1. The molecule has 0 spiro atoms. The van der Waals surface area contributed by atoms with Crippen molar-refractivity contribution < 1.29 is 27.5 Å². The number of benzene rings is 1. The van der Waals surface area contributed by atoms with E-state index in [-0.39, 0.29) is 27.4 Å². The van der Waals surface area contributed by atoms with E-state index in [1.807, 2.05) is 20.8 Å². The molecule has 27 heavy (non-hydrogen) atoms. The normalized spacial score (nSPS) is 11.6. The third-order valence-electron chi connectivity index (χ3n) is 3.13. The summed E-state index contributed by atoms with van der Waals surface area (Å²) in [7, 11) is -2.60. The maximum absolute atomic E-state index is 12.1. The molecule has 0 aromatic heterocycles. The van der Waals surface area contributed by atoms with Gasteiger partial charge in [0, 0.05) is 17.1 Å². The fraction of sp³-hybridized carbons (Fsp3) is 0.438. The molecule has 0 atom stereocenters. The number of nitrogens with zero attached hydrogens (tertiary/aromatic N) is 1. The lowest BCUT2D eigenvalue weighted by Crippen LogP contribution is -2.46. The number of nitrogens with one attached hydrogen (secondary N) is 1. The van der Waals surface area contributed by atoms with Crippen LogP contribution in [0.25, 0.3) is 0 Å². The molecule has 2 amide bonds. The van der Waals surface area contributed by atoms with Gasteiger partial charge in [-0.05, 0) is 54.9 Å². The molecular formula is C16H22BrN3O6S. The molecule has 0 radical (unpaired) electrons. The summed E-state index contributed by atoms with van der Waals surface area (Å²) in [6.07, 6.45) is 0. The number of hydrogen-bond donors (Lipinski definition) is 2. The fourth-order valence-electron chi connectivity index (χ4n) is 1.91. The van der Waals surface area contributed by atoms with Gasteiger partial charge >= 0.3 is 5.97 Å². The van der Waals surface area contributed by atoms with Crippen LogP contribution < -0.4 is 10.5 Å². The molecule has 9 nitrogen and oxygen atoms in total. The number of likely N-dealkylation sites (N-methyl/N-ethyl adjacent to an activating group) is 1. The Morgan fingerprint density at radius 3 is 2.37 bits per heavy atom. The minimum Gasteiger partial charge on any atom is -0.452 e. The highest BCUT2D eigenvalue weighted by Gasteiger charge is 2.21. The Kier molecular flexibility index (Phi) is 7.52. The first-order valence-electron chi connectivity index (χ1n) is 7.75. The minimum atomic E-state index is -4.00. The highest BCUT2D eigenvalue weighted by Crippen LogP contribution is 2.21. The van der Waals surface area contributed by atoms with Crippen LogP contribution in [0.4, 0.5) is 0 Å². The highest BCUT2D eigenvalue weighted by atomic mass is 79.9. The molecule has 1 rings (SSSR count). The van der Waals surface area contributed by atoms with Crippen LogP contribution in [-0.2, 0) is 24.3 Å². The molecule has 0 aliphatic rings. The van der Waals surface area contributed by atoms with Crippen molar-refractivity contribution >= 4 is 43.7 Å². The van der Waals surface area contributed by atoms with Crippen LogP contribution in [-0.4, -0.2) is 56.8 Å².